The summed E-state index contributed by atoms with van der Waals surface area (Å²) in [6.45, 7) is 2.50. The first-order chi connectivity index (χ1) is 18.4. The number of hydrogen-bond donors (Lipinski definition) is 0. The minimum absolute atomic E-state index is 0.00152. The Morgan fingerprint density at radius 3 is 2.58 bits per heavy atom. The van der Waals surface area contributed by atoms with Gasteiger partial charge in [0, 0.05) is 54.6 Å². The number of aromatic nitrogens is 2. The van der Waals surface area contributed by atoms with Gasteiger partial charge in [0.25, 0.3) is 0 Å². The lowest BCUT2D eigenvalue weighted by atomic mass is 9.63. The lowest BCUT2D eigenvalue weighted by Gasteiger charge is -2.45. The van der Waals surface area contributed by atoms with Crippen LogP contribution in [-0.2, 0) is 22.0 Å². The Hall–Kier alpha value is -2.26. The van der Waals surface area contributed by atoms with E-state index in [0.29, 0.717) is 46.3 Å². The molecule has 1 amide bonds. The minimum atomic E-state index is -0.856. The molecule has 7 nitrogen and oxygen atoms in total. The maximum atomic E-state index is 14.7. The summed E-state index contributed by atoms with van der Waals surface area (Å²) in [6.07, 6.45) is 9.81. The van der Waals surface area contributed by atoms with Crippen LogP contribution in [0.15, 0.2) is 30.6 Å². The van der Waals surface area contributed by atoms with E-state index >= 15 is 0 Å². The first-order valence-corrected chi connectivity index (χ1v) is 15.5. The largest absolute Gasteiger partial charge is 0.493 e. The fraction of sp³-hybridized carbons (Fsp3) is 0.607. The second-order valence-electron chi connectivity index (χ2n) is 10.9. The molecule has 5 rings (SSSR count). The quantitative estimate of drug-likeness (QED) is 0.448. The van der Waals surface area contributed by atoms with Gasteiger partial charge in [-0.2, -0.15) is 0 Å². The molecule has 0 radical (unpaired) electrons. The Morgan fingerprint density at radius 1 is 1.18 bits per heavy atom. The standard InChI is InChI=1S/C28H36ClFN4O3S/c1-33(23-9-13-38(36)18-23)27(35)14-21-2-4-24(15-26(21)30)37-12-8-19-3-5-25(19)20-6-10-34(11-7-20)28-31-16-22(29)17-32-28/h2,4,15-17,19-20,23,25H,3,5-14,18H2,1H3/t19-,23?,25?,38?/m0/s1. The molecule has 1 aromatic carbocycles. The van der Waals surface area contributed by atoms with Crippen LogP contribution in [0.4, 0.5) is 10.3 Å². The molecule has 3 heterocycles. The van der Waals surface area contributed by atoms with Crippen LogP contribution in [0.25, 0.3) is 0 Å². The van der Waals surface area contributed by atoms with Gasteiger partial charge in [-0.05, 0) is 67.9 Å². The van der Waals surface area contributed by atoms with Crippen molar-refractivity contribution in [2.75, 3.05) is 43.1 Å². The normalized spacial score (nSPS) is 25.7. The number of halogens is 2. The number of rotatable bonds is 9. The van der Waals surface area contributed by atoms with Crippen LogP contribution in [0.3, 0.4) is 0 Å². The Balaban J connectivity index is 1.04. The van der Waals surface area contributed by atoms with Gasteiger partial charge in [0.05, 0.1) is 30.4 Å². The molecule has 0 bridgehead atoms. The number of ether oxygens (including phenoxy) is 1. The second-order valence-corrected chi connectivity index (χ2v) is 12.9. The van der Waals surface area contributed by atoms with Crippen LogP contribution < -0.4 is 9.64 Å². The highest BCUT2D eigenvalue weighted by Crippen LogP contribution is 2.45. The van der Waals surface area contributed by atoms with Crippen LogP contribution in [0.5, 0.6) is 5.75 Å². The third-order valence-electron chi connectivity index (χ3n) is 8.63. The van der Waals surface area contributed by atoms with Crippen molar-refractivity contribution in [1.82, 2.24) is 14.9 Å². The van der Waals surface area contributed by atoms with Gasteiger partial charge in [0.2, 0.25) is 11.9 Å². The molecular formula is C28H36ClFN4O3S. The molecule has 10 heteroatoms. The molecule has 0 spiro atoms. The third kappa shape index (κ3) is 6.47. The summed E-state index contributed by atoms with van der Waals surface area (Å²) in [4.78, 5) is 25.2. The Kier molecular flexibility index (Phi) is 8.83. The Labute approximate surface area is 231 Å². The molecule has 1 aromatic heterocycles. The molecule has 0 N–H and O–H groups in total. The van der Waals surface area contributed by atoms with E-state index in [2.05, 4.69) is 14.9 Å². The van der Waals surface area contributed by atoms with Crippen molar-refractivity contribution in [3.8, 4) is 5.75 Å². The maximum absolute atomic E-state index is 14.7. The average Bonchev–Trinajstić information content (AvgIpc) is 3.34. The zero-order chi connectivity index (χ0) is 26.6. The number of benzene rings is 1. The summed E-state index contributed by atoms with van der Waals surface area (Å²) in [7, 11) is 0.862. The predicted octanol–water partition coefficient (Wildman–Crippen LogP) is 4.50. The molecule has 38 heavy (non-hydrogen) atoms. The molecule has 1 aliphatic carbocycles. The summed E-state index contributed by atoms with van der Waals surface area (Å²) in [5.74, 6) is 3.93. The van der Waals surface area contributed by atoms with Crippen molar-refractivity contribution in [3.05, 3.63) is 47.0 Å². The fourth-order valence-electron chi connectivity index (χ4n) is 6.10. The molecule has 3 aliphatic rings. The molecule has 2 aliphatic heterocycles. The van der Waals surface area contributed by atoms with E-state index in [-0.39, 0.29) is 18.4 Å². The van der Waals surface area contributed by atoms with E-state index in [1.165, 1.54) is 18.9 Å². The Bertz CT molecular complexity index is 1150. The number of nitrogens with zero attached hydrogens (tertiary/aromatic N) is 4. The SMILES string of the molecule is CN(C(=O)Cc1ccc(OCC[C@@H]2CCC2C2CCN(c3ncc(Cl)cn3)CC2)cc1F)C1CCS(=O)C1. The van der Waals surface area contributed by atoms with Crippen molar-refractivity contribution in [1.29, 1.82) is 0 Å². The number of carbonyl (C=O) groups is 1. The molecule has 3 unspecified atom stereocenters. The van der Waals surface area contributed by atoms with Crippen LogP contribution >= 0.6 is 11.6 Å². The zero-order valence-electron chi connectivity index (χ0n) is 21.9. The van der Waals surface area contributed by atoms with Gasteiger partial charge in [0.1, 0.15) is 11.6 Å². The van der Waals surface area contributed by atoms with Crippen LogP contribution in [0.2, 0.25) is 5.02 Å². The average molecular weight is 563 g/mol. The number of anilines is 1. The number of likely N-dealkylation sites (N-methyl/N-ethyl adjacent to an activating group) is 1. The first kappa shape index (κ1) is 27.3. The van der Waals surface area contributed by atoms with Crippen molar-refractivity contribution in [3.63, 3.8) is 0 Å². The van der Waals surface area contributed by atoms with Crippen molar-refractivity contribution < 1.29 is 18.1 Å². The van der Waals surface area contributed by atoms with Crippen molar-refractivity contribution in [2.24, 2.45) is 17.8 Å². The molecule has 3 fully saturated rings. The Morgan fingerprint density at radius 2 is 1.95 bits per heavy atom. The van der Waals surface area contributed by atoms with E-state index in [1.54, 1.807) is 36.5 Å². The topological polar surface area (TPSA) is 75.6 Å². The third-order valence-corrected chi connectivity index (χ3v) is 10.3. The highest BCUT2D eigenvalue weighted by atomic mass is 35.5. The minimum Gasteiger partial charge on any atom is -0.493 e. The van der Waals surface area contributed by atoms with Crippen LogP contribution in [0.1, 0.15) is 44.1 Å². The smallest absolute Gasteiger partial charge is 0.227 e. The number of amides is 1. The molecular weight excluding hydrogens is 527 g/mol. The summed E-state index contributed by atoms with van der Waals surface area (Å²) >= 11 is 5.91. The van der Waals surface area contributed by atoms with E-state index in [4.69, 9.17) is 16.3 Å². The first-order valence-electron chi connectivity index (χ1n) is 13.6. The highest BCUT2D eigenvalue weighted by molar-refractivity contribution is 7.85. The monoisotopic (exact) mass is 562 g/mol. The molecule has 2 saturated heterocycles. The van der Waals surface area contributed by atoms with Gasteiger partial charge in [0.15, 0.2) is 0 Å². The summed E-state index contributed by atoms with van der Waals surface area (Å²) in [5, 5.41) is 0.555. The van der Waals surface area contributed by atoms with Gasteiger partial charge < -0.3 is 14.5 Å². The number of carbonyl (C=O) groups excluding carboxylic acids is 1. The lowest BCUT2D eigenvalue weighted by molar-refractivity contribution is -0.130. The summed E-state index contributed by atoms with van der Waals surface area (Å²) in [5.41, 5.74) is 0.364. The van der Waals surface area contributed by atoms with Gasteiger partial charge in [-0.3, -0.25) is 9.00 Å². The molecule has 4 atom stereocenters. The fourth-order valence-corrected chi connectivity index (χ4v) is 7.72. The molecule has 1 saturated carbocycles. The highest BCUT2D eigenvalue weighted by Gasteiger charge is 2.38. The number of hydrogen-bond acceptors (Lipinski definition) is 6. The zero-order valence-corrected chi connectivity index (χ0v) is 23.4. The summed E-state index contributed by atoms with van der Waals surface area (Å²) < 4.78 is 32.3. The van der Waals surface area contributed by atoms with Gasteiger partial charge >= 0.3 is 0 Å². The van der Waals surface area contributed by atoms with E-state index < -0.39 is 16.6 Å². The molecule has 206 valence electrons. The van der Waals surface area contributed by atoms with Crippen LogP contribution in [-0.4, -0.2) is 69.3 Å². The van der Waals surface area contributed by atoms with Gasteiger partial charge in [-0.25, -0.2) is 14.4 Å². The van der Waals surface area contributed by atoms with E-state index in [9.17, 15) is 13.4 Å². The number of piperidine rings is 1. The van der Waals surface area contributed by atoms with Gasteiger partial charge in [-0.1, -0.05) is 17.7 Å². The lowest BCUT2D eigenvalue weighted by Crippen LogP contribution is -2.42. The summed E-state index contributed by atoms with van der Waals surface area (Å²) in [6, 6.07) is 4.77. The predicted molar refractivity (Wildman–Crippen MR) is 147 cm³/mol. The van der Waals surface area contributed by atoms with E-state index in [0.717, 1.165) is 50.6 Å². The van der Waals surface area contributed by atoms with Crippen LogP contribution in [0, 0.1) is 23.6 Å². The van der Waals surface area contributed by atoms with Crippen molar-refractivity contribution in [2.45, 2.75) is 51.0 Å². The maximum Gasteiger partial charge on any atom is 0.227 e. The second kappa shape index (κ2) is 12.3. The van der Waals surface area contributed by atoms with Crippen molar-refractivity contribution >= 4 is 34.3 Å². The molecule has 2 aromatic rings. The van der Waals surface area contributed by atoms with E-state index in [1.807, 2.05) is 0 Å². The van der Waals surface area contributed by atoms with Gasteiger partial charge in [-0.15, -0.1) is 0 Å².